The van der Waals surface area contributed by atoms with Crippen LogP contribution in [0.5, 0.6) is 0 Å². The highest BCUT2D eigenvalue weighted by molar-refractivity contribution is 5.84. The third kappa shape index (κ3) is 2.90. The van der Waals surface area contributed by atoms with Gasteiger partial charge in [0.05, 0.1) is 5.56 Å². The molecule has 1 N–H and O–H groups in total. The van der Waals surface area contributed by atoms with E-state index in [1.807, 2.05) is 50.2 Å². The van der Waals surface area contributed by atoms with E-state index in [1.54, 1.807) is 0 Å². The van der Waals surface area contributed by atoms with Crippen LogP contribution in [0.2, 0.25) is 0 Å². The van der Waals surface area contributed by atoms with E-state index in [0.29, 0.717) is 17.2 Å². The molecule has 24 heavy (non-hydrogen) atoms. The van der Waals surface area contributed by atoms with Crippen LogP contribution in [0.15, 0.2) is 52.1 Å². The van der Waals surface area contributed by atoms with Gasteiger partial charge in [-0.15, -0.1) is 0 Å². The molecule has 0 atom stereocenters. The summed E-state index contributed by atoms with van der Waals surface area (Å²) < 4.78 is 0. The number of benzene rings is 2. The maximum absolute atomic E-state index is 12.1. The van der Waals surface area contributed by atoms with E-state index in [0.717, 1.165) is 22.4 Å². The van der Waals surface area contributed by atoms with Crippen LogP contribution >= 0.6 is 0 Å². The van der Waals surface area contributed by atoms with Crippen molar-refractivity contribution in [2.45, 2.75) is 33.6 Å². The lowest BCUT2D eigenvalue weighted by Gasteiger charge is -2.15. The molecule has 0 fully saturated rings. The molecule has 3 aromatic rings. The Balaban J connectivity index is 1.98. The van der Waals surface area contributed by atoms with Crippen molar-refractivity contribution in [1.82, 2.24) is 0 Å². The summed E-state index contributed by atoms with van der Waals surface area (Å²) in [6, 6.07) is 13.9. The minimum Gasteiger partial charge on any atom is -0.352 e. The summed E-state index contributed by atoms with van der Waals surface area (Å²) in [6.45, 7) is 8.26. The Hall–Kier alpha value is -2.68. The minimum absolute atomic E-state index is 0.391. The first kappa shape index (κ1) is 16.2. The smallest absolute Gasteiger partial charge is 0.250 e. The third-order valence-corrected chi connectivity index (χ3v) is 4.27. The Kier molecular flexibility index (Phi) is 4.10. The van der Waals surface area contributed by atoms with Crippen LogP contribution < -0.4 is 16.2 Å². The highest BCUT2D eigenvalue weighted by Gasteiger charge is 2.22. The van der Waals surface area contributed by atoms with Crippen LogP contribution in [0, 0.1) is 13.8 Å². The molecule has 0 aliphatic heterocycles. The molecule has 122 valence electrons. The molecule has 0 bridgehead atoms. The minimum atomic E-state index is -0.447. The predicted molar refractivity (Wildman–Crippen MR) is 100 cm³/mol. The summed E-state index contributed by atoms with van der Waals surface area (Å²) in [4.78, 5) is 24.1. The maximum atomic E-state index is 12.1. The van der Waals surface area contributed by atoms with Crippen molar-refractivity contribution >= 4 is 11.4 Å². The zero-order valence-corrected chi connectivity index (χ0v) is 14.4. The second kappa shape index (κ2) is 6.08. The van der Waals surface area contributed by atoms with Gasteiger partial charge in [0, 0.05) is 5.69 Å². The lowest BCUT2D eigenvalue weighted by atomic mass is 9.95. The van der Waals surface area contributed by atoms with E-state index < -0.39 is 10.9 Å². The second-order valence-electron chi connectivity index (χ2n) is 6.69. The van der Waals surface area contributed by atoms with E-state index in [1.165, 1.54) is 5.56 Å². The monoisotopic (exact) mass is 319 g/mol. The first-order chi connectivity index (χ1) is 11.4. The fraction of sp³-hybridized carbons (Fsp3) is 0.238. The molecule has 0 amide bonds. The van der Waals surface area contributed by atoms with E-state index in [4.69, 9.17) is 0 Å². The molecule has 0 heterocycles. The average Bonchev–Trinajstić information content (AvgIpc) is 2.53. The molecule has 0 saturated heterocycles. The molecule has 3 heteroatoms. The Morgan fingerprint density at radius 2 is 1.42 bits per heavy atom. The zero-order valence-electron chi connectivity index (χ0n) is 14.4. The van der Waals surface area contributed by atoms with Crippen molar-refractivity contribution in [3.05, 3.63) is 79.6 Å². The van der Waals surface area contributed by atoms with Gasteiger partial charge in [0.2, 0.25) is 5.43 Å². The van der Waals surface area contributed by atoms with Crippen LogP contribution in [-0.4, -0.2) is 0 Å². The standard InChI is InChI=1S/C21H21NO2/c1-12(2)15-5-7-16(8-6-15)18-19(21(24)20(18)23)22-17-10-13(3)9-14(4)11-17/h5-12,22H,1-4H3. The molecule has 0 aliphatic rings. The maximum Gasteiger partial charge on any atom is 0.250 e. The lowest BCUT2D eigenvalue weighted by Crippen LogP contribution is -2.35. The van der Waals surface area contributed by atoms with E-state index in [-0.39, 0.29) is 0 Å². The van der Waals surface area contributed by atoms with Crippen molar-refractivity contribution in [3.8, 4) is 11.1 Å². The van der Waals surface area contributed by atoms with Gasteiger partial charge < -0.3 is 5.32 Å². The summed E-state index contributed by atoms with van der Waals surface area (Å²) >= 11 is 0. The van der Waals surface area contributed by atoms with Crippen molar-refractivity contribution < 1.29 is 0 Å². The summed E-state index contributed by atoms with van der Waals surface area (Å²) in [5.74, 6) is 0.430. The van der Waals surface area contributed by atoms with Gasteiger partial charge in [-0.05, 0) is 54.2 Å². The van der Waals surface area contributed by atoms with Crippen LogP contribution in [0.25, 0.3) is 11.1 Å². The Labute approximate surface area is 141 Å². The normalized spacial score (nSPS) is 11.2. The summed E-state index contributed by atoms with van der Waals surface area (Å²) in [6.07, 6.45) is 0. The third-order valence-electron chi connectivity index (χ3n) is 4.27. The van der Waals surface area contributed by atoms with Gasteiger partial charge in [0.15, 0.2) is 0 Å². The number of aryl methyl sites for hydroxylation is 2. The topological polar surface area (TPSA) is 46.2 Å². The molecule has 0 aromatic heterocycles. The molecular weight excluding hydrogens is 298 g/mol. The molecule has 3 aromatic carbocycles. The first-order valence-corrected chi connectivity index (χ1v) is 8.16. The van der Waals surface area contributed by atoms with Crippen LogP contribution in [-0.2, 0) is 0 Å². The highest BCUT2D eigenvalue weighted by atomic mass is 16.2. The quantitative estimate of drug-likeness (QED) is 0.723. The van der Waals surface area contributed by atoms with Crippen LogP contribution in [0.4, 0.5) is 11.4 Å². The summed E-state index contributed by atoms with van der Waals surface area (Å²) in [5, 5.41) is 3.14. The predicted octanol–water partition coefficient (Wildman–Crippen LogP) is 4.43. The number of nitrogens with one attached hydrogen (secondary N) is 1. The molecule has 0 spiro atoms. The van der Waals surface area contributed by atoms with Gasteiger partial charge in [-0.3, -0.25) is 9.59 Å². The van der Waals surface area contributed by atoms with Crippen LogP contribution in [0.1, 0.15) is 36.5 Å². The molecular formula is C21H21NO2. The molecule has 0 saturated carbocycles. The second-order valence-corrected chi connectivity index (χ2v) is 6.69. The van der Waals surface area contributed by atoms with Crippen LogP contribution in [0.3, 0.4) is 0 Å². The first-order valence-electron chi connectivity index (χ1n) is 8.16. The number of anilines is 2. The fourth-order valence-corrected chi connectivity index (χ4v) is 3.01. The molecule has 0 unspecified atom stereocenters. The fourth-order valence-electron chi connectivity index (χ4n) is 3.01. The molecule has 3 rings (SSSR count). The summed E-state index contributed by atoms with van der Waals surface area (Å²) in [7, 11) is 0. The Morgan fingerprint density at radius 3 is 1.96 bits per heavy atom. The average molecular weight is 319 g/mol. The van der Waals surface area contributed by atoms with Gasteiger partial charge in [-0.25, -0.2) is 0 Å². The van der Waals surface area contributed by atoms with E-state index >= 15 is 0 Å². The number of hydrogen-bond donors (Lipinski definition) is 1. The van der Waals surface area contributed by atoms with Gasteiger partial charge in [-0.1, -0.05) is 44.2 Å². The largest absolute Gasteiger partial charge is 0.352 e. The van der Waals surface area contributed by atoms with Crippen molar-refractivity contribution in [1.29, 1.82) is 0 Å². The van der Waals surface area contributed by atoms with Crippen molar-refractivity contribution in [3.63, 3.8) is 0 Å². The van der Waals surface area contributed by atoms with Gasteiger partial charge in [0.25, 0.3) is 5.43 Å². The van der Waals surface area contributed by atoms with Crippen molar-refractivity contribution in [2.24, 2.45) is 0 Å². The summed E-state index contributed by atoms with van der Waals surface area (Å²) in [5.41, 5.74) is 5.06. The molecule has 0 radical (unpaired) electrons. The zero-order chi connectivity index (χ0) is 17.4. The molecule has 0 aliphatic carbocycles. The Bertz CT molecular complexity index is 938. The number of rotatable bonds is 4. The van der Waals surface area contributed by atoms with Crippen molar-refractivity contribution in [2.75, 3.05) is 5.32 Å². The number of hydrogen-bond acceptors (Lipinski definition) is 3. The van der Waals surface area contributed by atoms with Gasteiger partial charge in [-0.2, -0.15) is 0 Å². The Morgan fingerprint density at radius 1 is 0.833 bits per heavy atom. The van der Waals surface area contributed by atoms with E-state index in [2.05, 4.69) is 25.2 Å². The lowest BCUT2D eigenvalue weighted by molar-refractivity contribution is 0.867. The SMILES string of the molecule is Cc1cc(C)cc(Nc2c(-c3ccc(C(C)C)cc3)c(=O)c2=O)c1. The van der Waals surface area contributed by atoms with E-state index in [9.17, 15) is 9.59 Å². The van der Waals surface area contributed by atoms with Gasteiger partial charge in [0.1, 0.15) is 5.69 Å². The van der Waals surface area contributed by atoms with Gasteiger partial charge >= 0.3 is 0 Å². The molecule has 3 nitrogen and oxygen atoms in total. The highest BCUT2D eigenvalue weighted by Crippen LogP contribution is 2.28.